The molecule has 2 aromatic carbocycles. The maximum Gasteiger partial charge on any atom is 0.317 e. The van der Waals surface area contributed by atoms with Crippen LogP contribution in [0.2, 0.25) is 0 Å². The fourth-order valence-corrected chi connectivity index (χ4v) is 4.45. The van der Waals surface area contributed by atoms with Crippen LogP contribution in [0.25, 0.3) is 0 Å². The Balaban J connectivity index is 1.49. The Hall–Kier alpha value is -3.30. The molecular formula is C25H27N3O3. The summed E-state index contributed by atoms with van der Waals surface area (Å²) in [4.78, 5) is 28.4. The van der Waals surface area contributed by atoms with E-state index in [0.717, 1.165) is 23.1 Å². The molecule has 0 bridgehead atoms. The third kappa shape index (κ3) is 4.28. The molecule has 2 aromatic rings. The SMILES string of the molecule is CCCNC(=O)N1CC(=O)N2[C@H](CO)[C@@H](c3ccc(C#Cc4ccccc4)cc3)[C@@H]2C1. The molecule has 4 rings (SSSR count). The number of carbonyl (C=O) groups is 2. The second kappa shape index (κ2) is 9.23. The van der Waals surface area contributed by atoms with Crippen LogP contribution in [0, 0.1) is 11.8 Å². The molecule has 0 radical (unpaired) electrons. The number of rotatable bonds is 4. The van der Waals surface area contributed by atoms with Crippen molar-refractivity contribution in [1.82, 2.24) is 15.1 Å². The van der Waals surface area contributed by atoms with Gasteiger partial charge >= 0.3 is 6.03 Å². The number of benzene rings is 2. The number of piperazine rings is 1. The Morgan fingerprint density at radius 1 is 1.10 bits per heavy atom. The number of fused-ring (bicyclic) bond motifs is 1. The number of carbonyl (C=O) groups excluding carboxylic acids is 2. The minimum Gasteiger partial charge on any atom is -0.394 e. The van der Waals surface area contributed by atoms with Gasteiger partial charge in [0.15, 0.2) is 0 Å². The van der Waals surface area contributed by atoms with Gasteiger partial charge in [-0.05, 0) is 36.2 Å². The molecule has 0 saturated carbocycles. The first-order valence-electron chi connectivity index (χ1n) is 10.7. The summed E-state index contributed by atoms with van der Waals surface area (Å²) in [5.74, 6) is 6.20. The number of aliphatic hydroxyl groups excluding tert-OH is 1. The van der Waals surface area contributed by atoms with Crippen LogP contribution in [0.4, 0.5) is 4.79 Å². The number of urea groups is 1. The summed E-state index contributed by atoms with van der Waals surface area (Å²) in [7, 11) is 0. The molecule has 2 fully saturated rings. The Morgan fingerprint density at radius 2 is 1.77 bits per heavy atom. The highest BCUT2D eigenvalue weighted by molar-refractivity contribution is 5.87. The van der Waals surface area contributed by atoms with Crippen molar-refractivity contribution in [3.05, 3.63) is 71.3 Å². The largest absolute Gasteiger partial charge is 0.394 e. The molecule has 2 aliphatic heterocycles. The highest BCUT2D eigenvalue weighted by Gasteiger charge is 2.54. The first-order chi connectivity index (χ1) is 15.1. The van der Waals surface area contributed by atoms with Crippen molar-refractivity contribution in [3.63, 3.8) is 0 Å². The molecule has 0 aliphatic carbocycles. The molecule has 3 amide bonds. The molecule has 6 nitrogen and oxygen atoms in total. The number of hydrogen-bond acceptors (Lipinski definition) is 3. The van der Waals surface area contributed by atoms with Gasteiger partial charge in [0.1, 0.15) is 6.54 Å². The topological polar surface area (TPSA) is 72.9 Å². The van der Waals surface area contributed by atoms with Gasteiger partial charge in [-0.3, -0.25) is 4.79 Å². The maximum atomic E-state index is 12.6. The fourth-order valence-electron chi connectivity index (χ4n) is 4.45. The number of aliphatic hydroxyl groups is 1. The zero-order valence-corrected chi connectivity index (χ0v) is 17.6. The molecule has 2 aliphatic rings. The van der Waals surface area contributed by atoms with Crippen molar-refractivity contribution in [3.8, 4) is 11.8 Å². The zero-order valence-electron chi connectivity index (χ0n) is 17.6. The molecule has 160 valence electrons. The van der Waals surface area contributed by atoms with E-state index in [1.807, 2.05) is 61.5 Å². The average molecular weight is 418 g/mol. The van der Waals surface area contributed by atoms with Gasteiger partial charge < -0.3 is 20.2 Å². The van der Waals surface area contributed by atoms with Gasteiger partial charge in [0, 0.05) is 30.1 Å². The maximum absolute atomic E-state index is 12.6. The number of nitrogens with zero attached hydrogens (tertiary/aromatic N) is 2. The lowest BCUT2D eigenvalue weighted by Gasteiger charge is -2.58. The van der Waals surface area contributed by atoms with E-state index in [-0.39, 0.29) is 43.1 Å². The molecule has 2 saturated heterocycles. The van der Waals surface area contributed by atoms with Gasteiger partial charge in [0.25, 0.3) is 0 Å². The summed E-state index contributed by atoms with van der Waals surface area (Å²) in [6.07, 6.45) is 0.845. The first-order valence-corrected chi connectivity index (χ1v) is 10.7. The Morgan fingerprint density at radius 3 is 2.42 bits per heavy atom. The van der Waals surface area contributed by atoms with E-state index in [9.17, 15) is 14.7 Å². The van der Waals surface area contributed by atoms with Crippen molar-refractivity contribution in [1.29, 1.82) is 0 Å². The van der Waals surface area contributed by atoms with Crippen molar-refractivity contribution in [2.45, 2.75) is 31.3 Å². The summed E-state index contributed by atoms with van der Waals surface area (Å²) in [5, 5.41) is 12.8. The van der Waals surface area contributed by atoms with Crippen LogP contribution in [-0.2, 0) is 4.79 Å². The van der Waals surface area contributed by atoms with Gasteiger partial charge in [-0.1, -0.05) is 49.1 Å². The van der Waals surface area contributed by atoms with Crippen LogP contribution in [0.5, 0.6) is 0 Å². The molecular weight excluding hydrogens is 390 g/mol. The van der Waals surface area contributed by atoms with Crippen LogP contribution in [-0.4, -0.2) is 65.2 Å². The average Bonchev–Trinajstić information content (AvgIpc) is 2.79. The van der Waals surface area contributed by atoms with Crippen LogP contribution in [0.1, 0.15) is 36.0 Å². The van der Waals surface area contributed by atoms with E-state index in [0.29, 0.717) is 13.1 Å². The normalized spacial score (nSPS) is 22.1. The molecule has 2 N–H and O–H groups in total. The minimum atomic E-state index is -0.250. The predicted octanol–water partition coefficient (Wildman–Crippen LogP) is 2.18. The molecule has 2 heterocycles. The lowest BCUT2D eigenvalue weighted by molar-refractivity contribution is -0.159. The van der Waals surface area contributed by atoms with E-state index in [4.69, 9.17) is 0 Å². The lowest BCUT2D eigenvalue weighted by atomic mass is 9.73. The summed E-state index contributed by atoms with van der Waals surface area (Å²) in [6.45, 7) is 3.02. The molecule has 0 unspecified atom stereocenters. The third-order valence-electron chi connectivity index (χ3n) is 5.99. The Bertz CT molecular complexity index is 994. The van der Waals surface area contributed by atoms with E-state index in [2.05, 4.69) is 17.2 Å². The van der Waals surface area contributed by atoms with Gasteiger partial charge in [-0.25, -0.2) is 4.79 Å². The highest BCUT2D eigenvalue weighted by atomic mass is 16.3. The minimum absolute atomic E-state index is 0.00754. The van der Waals surface area contributed by atoms with Crippen molar-refractivity contribution < 1.29 is 14.7 Å². The lowest BCUT2D eigenvalue weighted by Crippen LogP contribution is -2.73. The van der Waals surface area contributed by atoms with Gasteiger partial charge in [0.05, 0.1) is 18.7 Å². The molecule has 6 heteroatoms. The second-order valence-electron chi connectivity index (χ2n) is 7.99. The quantitative estimate of drug-likeness (QED) is 0.749. The highest BCUT2D eigenvalue weighted by Crippen LogP contribution is 2.42. The van der Waals surface area contributed by atoms with E-state index in [1.165, 1.54) is 0 Å². The number of amides is 3. The molecule has 31 heavy (non-hydrogen) atoms. The number of hydrogen-bond donors (Lipinski definition) is 2. The predicted molar refractivity (Wildman–Crippen MR) is 118 cm³/mol. The van der Waals surface area contributed by atoms with Crippen LogP contribution in [0.3, 0.4) is 0 Å². The standard InChI is InChI=1S/C25H27N3O3/c1-2-14-26-25(31)27-15-21-24(22(17-29)28(21)23(30)16-27)20-12-10-19(11-13-20)9-8-18-6-4-3-5-7-18/h3-7,10-13,21-22,24,29H,2,14-17H2,1H3,(H,26,31)/t21-,22+,24-/m0/s1. The van der Waals surface area contributed by atoms with Gasteiger partial charge in [-0.2, -0.15) is 0 Å². The third-order valence-corrected chi connectivity index (χ3v) is 5.99. The summed E-state index contributed by atoms with van der Waals surface area (Å²) < 4.78 is 0. The van der Waals surface area contributed by atoms with E-state index in [1.54, 1.807) is 9.80 Å². The van der Waals surface area contributed by atoms with E-state index < -0.39 is 0 Å². The smallest absolute Gasteiger partial charge is 0.317 e. The fraction of sp³-hybridized carbons (Fsp3) is 0.360. The van der Waals surface area contributed by atoms with Gasteiger partial charge in [-0.15, -0.1) is 0 Å². The van der Waals surface area contributed by atoms with Crippen LogP contribution in [0.15, 0.2) is 54.6 Å². The summed E-state index contributed by atoms with van der Waals surface area (Å²) >= 11 is 0. The zero-order chi connectivity index (χ0) is 21.8. The van der Waals surface area contributed by atoms with Crippen LogP contribution < -0.4 is 5.32 Å². The Kier molecular flexibility index (Phi) is 6.24. The van der Waals surface area contributed by atoms with Crippen molar-refractivity contribution in [2.75, 3.05) is 26.2 Å². The van der Waals surface area contributed by atoms with Gasteiger partial charge in [0.2, 0.25) is 5.91 Å². The monoisotopic (exact) mass is 417 g/mol. The molecule has 3 atom stereocenters. The van der Waals surface area contributed by atoms with Crippen molar-refractivity contribution >= 4 is 11.9 Å². The second-order valence-corrected chi connectivity index (χ2v) is 7.99. The first kappa shape index (κ1) is 21.0. The van der Waals surface area contributed by atoms with E-state index >= 15 is 0 Å². The Labute approximate surface area is 182 Å². The number of nitrogens with one attached hydrogen (secondary N) is 1. The van der Waals surface area contributed by atoms with Crippen LogP contribution >= 0.6 is 0 Å². The molecule has 0 spiro atoms. The van der Waals surface area contributed by atoms with Crippen molar-refractivity contribution in [2.24, 2.45) is 0 Å². The molecule has 0 aromatic heterocycles. The summed E-state index contributed by atoms with van der Waals surface area (Å²) in [5.41, 5.74) is 2.92. The summed E-state index contributed by atoms with van der Waals surface area (Å²) in [6, 6.07) is 17.2.